The Balaban J connectivity index is 1.32. The monoisotopic (exact) mass is 398 g/mol. The minimum Gasteiger partial charge on any atom is -0.493 e. The van der Waals surface area contributed by atoms with E-state index in [-0.39, 0.29) is 0 Å². The highest BCUT2D eigenvalue weighted by Crippen LogP contribution is 2.40. The Morgan fingerprint density at radius 1 is 1.00 bits per heavy atom. The zero-order chi connectivity index (χ0) is 20.1. The highest BCUT2D eigenvalue weighted by molar-refractivity contribution is 5.46. The maximum Gasteiger partial charge on any atom is 0.165 e. The van der Waals surface area contributed by atoms with Gasteiger partial charge in [-0.1, -0.05) is 12.1 Å². The molecule has 0 amide bonds. The largest absolute Gasteiger partial charge is 0.493 e. The Morgan fingerprint density at radius 3 is 2.69 bits per heavy atom. The van der Waals surface area contributed by atoms with Crippen molar-refractivity contribution < 1.29 is 9.47 Å². The summed E-state index contributed by atoms with van der Waals surface area (Å²) in [5.41, 5.74) is 1.67. The number of aryl methyl sites for hydroxylation is 1. The highest BCUT2D eigenvalue weighted by atomic mass is 16.5. The lowest BCUT2D eigenvalue weighted by molar-refractivity contribution is 0.0864. The van der Waals surface area contributed by atoms with Gasteiger partial charge in [0.05, 0.1) is 14.2 Å². The van der Waals surface area contributed by atoms with E-state index in [1.807, 2.05) is 23.0 Å². The van der Waals surface area contributed by atoms with Gasteiger partial charge in [-0.25, -0.2) is 0 Å². The molecule has 0 aliphatic carbocycles. The summed E-state index contributed by atoms with van der Waals surface area (Å²) in [6.07, 6.45) is 9.04. The molecule has 4 rings (SSSR count). The number of ether oxygens (including phenoxy) is 2. The molecule has 1 spiro atoms. The fourth-order valence-electron chi connectivity index (χ4n) is 5.20. The summed E-state index contributed by atoms with van der Waals surface area (Å²) in [6.45, 7) is 7.93. The first-order valence-corrected chi connectivity index (χ1v) is 10.8. The fourth-order valence-corrected chi connectivity index (χ4v) is 5.20. The van der Waals surface area contributed by atoms with E-state index in [1.165, 1.54) is 64.0 Å². The van der Waals surface area contributed by atoms with E-state index >= 15 is 0 Å². The van der Waals surface area contributed by atoms with Crippen molar-refractivity contribution >= 4 is 0 Å². The molecule has 1 atom stereocenters. The summed E-state index contributed by atoms with van der Waals surface area (Å²) >= 11 is 0. The lowest BCUT2D eigenvalue weighted by Crippen LogP contribution is -2.44. The number of benzene rings is 1. The van der Waals surface area contributed by atoms with Gasteiger partial charge in [-0.15, -0.1) is 0 Å². The Morgan fingerprint density at radius 2 is 1.90 bits per heavy atom. The Hall–Kier alpha value is -2.05. The number of para-hydroxylation sites is 1. The molecule has 158 valence electrons. The summed E-state index contributed by atoms with van der Waals surface area (Å²) in [5.74, 6) is 1.70. The Labute approximate surface area is 174 Å². The summed E-state index contributed by atoms with van der Waals surface area (Å²) in [5, 5.41) is 4.31. The van der Waals surface area contributed by atoms with Gasteiger partial charge >= 0.3 is 0 Å². The topological polar surface area (TPSA) is 42.8 Å². The van der Waals surface area contributed by atoms with Crippen LogP contribution in [0, 0.1) is 5.41 Å². The van der Waals surface area contributed by atoms with Gasteiger partial charge in [0, 0.05) is 44.1 Å². The summed E-state index contributed by atoms with van der Waals surface area (Å²) in [7, 11) is 3.44. The third-order valence-electron chi connectivity index (χ3n) is 6.56. The molecule has 2 aliphatic rings. The molecule has 0 bridgehead atoms. The van der Waals surface area contributed by atoms with E-state index in [0.717, 1.165) is 24.6 Å². The first-order valence-electron chi connectivity index (χ1n) is 10.8. The molecule has 29 heavy (non-hydrogen) atoms. The first kappa shape index (κ1) is 20.2. The molecule has 2 aromatic rings. The molecule has 2 fully saturated rings. The van der Waals surface area contributed by atoms with Crippen LogP contribution < -0.4 is 9.47 Å². The van der Waals surface area contributed by atoms with E-state index in [1.54, 1.807) is 14.2 Å². The minimum absolute atomic E-state index is 0.454. The normalized spacial score (nSPS) is 23.0. The van der Waals surface area contributed by atoms with Crippen LogP contribution in [0.25, 0.3) is 0 Å². The van der Waals surface area contributed by atoms with Crippen LogP contribution in [0.2, 0.25) is 0 Å². The number of hydrogen-bond acceptors (Lipinski definition) is 5. The molecule has 6 heteroatoms. The van der Waals surface area contributed by atoms with Gasteiger partial charge in [-0.3, -0.25) is 9.58 Å². The summed E-state index contributed by atoms with van der Waals surface area (Å²) in [4.78, 5) is 5.28. The number of hydrogen-bond donors (Lipinski definition) is 0. The van der Waals surface area contributed by atoms with Gasteiger partial charge in [0.25, 0.3) is 0 Å². The van der Waals surface area contributed by atoms with E-state index in [2.05, 4.69) is 33.2 Å². The van der Waals surface area contributed by atoms with Crippen molar-refractivity contribution in [2.24, 2.45) is 5.41 Å². The number of likely N-dealkylation sites (tertiary alicyclic amines) is 2. The molecule has 0 N–H and O–H groups in total. The molecular formula is C23H34N4O2. The second kappa shape index (κ2) is 9.18. The fraction of sp³-hybridized carbons (Fsp3) is 0.609. The number of methoxy groups -OCH3 is 2. The number of piperidine rings is 1. The zero-order valence-corrected chi connectivity index (χ0v) is 17.8. The van der Waals surface area contributed by atoms with Crippen molar-refractivity contribution in [2.45, 2.75) is 38.8 Å². The number of aromatic nitrogens is 2. The van der Waals surface area contributed by atoms with Gasteiger partial charge in [0.15, 0.2) is 11.5 Å². The second-order valence-electron chi connectivity index (χ2n) is 8.62. The van der Waals surface area contributed by atoms with Crippen LogP contribution in [0.5, 0.6) is 11.5 Å². The molecule has 1 unspecified atom stereocenters. The van der Waals surface area contributed by atoms with Crippen molar-refractivity contribution in [3.8, 4) is 11.5 Å². The van der Waals surface area contributed by atoms with E-state index in [4.69, 9.17) is 9.47 Å². The van der Waals surface area contributed by atoms with Gasteiger partial charge < -0.3 is 14.4 Å². The number of rotatable bonds is 8. The average Bonchev–Trinajstić information content (AvgIpc) is 3.38. The molecule has 6 nitrogen and oxygen atoms in total. The van der Waals surface area contributed by atoms with Crippen LogP contribution in [-0.4, -0.2) is 66.5 Å². The van der Waals surface area contributed by atoms with Crippen LogP contribution in [0.4, 0.5) is 0 Å². The number of nitrogens with zero attached hydrogens (tertiary/aromatic N) is 4. The third kappa shape index (κ3) is 4.75. The molecule has 2 saturated heterocycles. The molecule has 2 aliphatic heterocycles. The maximum absolute atomic E-state index is 5.65. The lowest BCUT2D eigenvalue weighted by atomic mass is 9.79. The molecule has 1 aromatic heterocycles. The zero-order valence-electron chi connectivity index (χ0n) is 17.8. The average molecular weight is 399 g/mol. The minimum atomic E-state index is 0.454. The van der Waals surface area contributed by atoms with Crippen LogP contribution in [-0.2, 0) is 13.1 Å². The molecule has 1 aromatic carbocycles. The van der Waals surface area contributed by atoms with Gasteiger partial charge in [-0.2, -0.15) is 5.10 Å². The van der Waals surface area contributed by atoms with Crippen LogP contribution in [0.15, 0.2) is 36.7 Å². The van der Waals surface area contributed by atoms with E-state index in [0.29, 0.717) is 5.41 Å². The van der Waals surface area contributed by atoms with Crippen molar-refractivity contribution in [1.82, 2.24) is 19.6 Å². The molecular weight excluding hydrogens is 364 g/mol. The predicted molar refractivity (Wildman–Crippen MR) is 114 cm³/mol. The maximum atomic E-state index is 5.65. The summed E-state index contributed by atoms with van der Waals surface area (Å²) < 4.78 is 13.2. The van der Waals surface area contributed by atoms with Crippen molar-refractivity contribution in [1.29, 1.82) is 0 Å². The van der Waals surface area contributed by atoms with Crippen LogP contribution in [0.3, 0.4) is 0 Å². The molecule has 0 radical (unpaired) electrons. The Kier molecular flexibility index (Phi) is 6.40. The van der Waals surface area contributed by atoms with Crippen molar-refractivity contribution in [2.75, 3.05) is 46.9 Å². The molecule has 0 saturated carbocycles. The van der Waals surface area contributed by atoms with Gasteiger partial charge in [0.1, 0.15) is 0 Å². The highest BCUT2D eigenvalue weighted by Gasteiger charge is 2.41. The van der Waals surface area contributed by atoms with Crippen molar-refractivity contribution in [3.05, 3.63) is 42.2 Å². The summed E-state index contributed by atoms with van der Waals surface area (Å²) in [6, 6.07) is 8.20. The van der Waals surface area contributed by atoms with Gasteiger partial charge in [0.2, 0.25) is 0 Å². The molecule has 3 heterocycles. The van der Waals surface area contributed by atoms with E-state index in [9.17, 15) is 0 Å². The van der Waals surface area contributed by atoms with E-state index < -0.39 is 0 Å². The predicted octanol–water partition coefficient (Wildman–Crippen LogP) is 3.28. The standard InChI is InChI=1S/C23H34N4O2/c1-28-21-8-3-7-20(22(21)29-2)17-26-12-4-9-23(19-26)10-16-25(18-23)13-6-15-27-14-5-11-24-27/h3,5,7-8,11,14H,4,6,9-10,12-13,15-19H2,1-2H3. The lowest BCUT2D eigenvalue weighted by Gasteiger charge is -2.40. The first-order chi connectivity index (χ1) is 14.2. The van der Waals surface area contributed by atoms with Crippen LogP contribution >= 0.6 is 0 Å². The quantitative estimate of drug-likeness (QED) is 0.683. The van der Waals surface area contributed by atoms with Gasteiger partial charge in [-0.05, 0) is 62.9 Å². The SMILES string of the molecule is COc1cccc(CN2CCCC3(CCN(CCCn4cccn4)C3)C2)c1OC. The second-order valence-corrected chi connectivity index (χ2v) is 8.62. The Bertz CT molecular complexity index is 779. The van der Waals surface area contributed by atoms with Crippen LogP contribution in [0.1, 0.15) is 31.2 Å². The third-order valence-corrected chi connectivity index (χ3v) is 6.56. The van der Waals surface area contributed by atoms with Crippen molar-refractivity contribution in [3.63, 3.8) is 0 Å². The smallest absolute Gasteiger partial charge is 0.165 e.